The number of rotatable bonds is 5. The first kappa shape index (κ1) is 16.3. The largest absolute Gasteiger partial charge is 0.436 e. The summed E-state index contributed by atoms with van der Waals surface area (Å²) in [6, 6.07) is 14.6. The Kier molecular flexibility index (Phi) is 3.96. The topological polar surface area (TPSA) is 101 Å². The highest BCUT2D eigenvalue weighted by Crippen LogP contribution is 2.32. The van der Waals surface area contributed by atoms with E-state index in [9.17, 15) is 8.42 Å². The van der Waals surface area contributed by atoms with Gasteiger partial charge in [0.2, 0.25) is 15.9 Å². The van der Waals surface area contributed by atoms with Gasteiger partial charge in [-0.05, 0) is 31.2 Å². The molecule has 0 saturated heterocycles. The first-order chi connectivity index (χ1) is 12.6. The van der Waals surface area contributed by atoms with E-state index in [1.54, 1.807) is 25.3 Å². The molecule has 4 rings (SSSR count). The molecule has 0 radical (unpaired) electrons. The highest BCUT2D eigenvalue weighted by molar-refractivity contribution is 7.92. The Morgan fingerprint density at radius 3 is 2.62 bits per heavy atom. The summed E-state index contributed by atoms with van der Waals surface area (Å²) in [7, 11) is -3.30. The number of H-pyrrole nitrogens is 1. The van der Waals surface area contributed by atoms with E-state index >= 15 is 0 Å². The molecule has 7 nitrogen and oxygen atoms in total. The van der Waals surface area contributed by atoms with E-state index in [2.05, 4.69) is 19.9 Å². The van der Waals surface area contributed by atoms with Crippen LogP contribution < -0.4 is 4.72 Å². The van der Waals surface area contributed by atoms with Crippen molar-refractivity contribution in [3.05, 3.63) is 54.7 Å². The lowest BCUT2D eigenvalue weighted by atomic mass is 10.1. The minimum absolute atomic E-state index is 0.0250. The van der Waals surface area contributed by atoms with Gasteiger partial charge in [-0.1, -0.05) is 24.3 Å². The van der Waals surface area contributed by atoms with Crippen molar-refractivity contribution in [3.63, 3.8) is 0 Å². The van der Waals surface area contributed by atoms with Gasteiger partial charge in [-0.2, -0.15) is 5.10 Å². The van der Waals surface area contributed by atoms with Crippen molar-refractivity contribution in [2.45, 2.75) is 6.92 Å². The highest BCUT2D eigenvalue weighted by Gasteiger charge is 2.16. The maximum absolute atomic E-state index is 11.7. The van der Waals surface area contributed by atoms with E-state index in [4.69, 9.17) is 4.42 Å². The number of nitrogens with one attached hydrogen (secondary N) is 2. The van der Waals surface area contributed by atoms with Crippen molar-refractivity contribution in [1.82, 2.24) is 15.2 Å². The summed E-state index contributed by atoms with van der Waals surface area (Å²) < 4.78 is 31.7. The van der Waals surface area contributed by atoms with E-state index in [-0.39, 0.29) is 5.75 Å². The van der Waals surface area contributed by atoms with Gasteiger partial charge < -0.3 is 4.42 Å². The maximum Gasteiger partial charge on any atom is 0.232 e. The van der Waals surface area contributed by atoms with E-state index in [0.717, 1.165) is 22.3 Å². The molecule has 0 saturated carbocycles. The molecule has 132 valence electrons. The Bertz CT molecular complexity index is 1130. The van der Waals surface area contributed by atoms with Gasteiger partial charge in [-0.25, -0.2) is 13.4 Å². The second-order valence-electron chi connectivity index (χ2n) is 5.73. The zero-order valence-electron chi connectivity index (χ0n) is 13.9. The second-order valence-corrected chi connectivity index (χ2v) is 7.74. The third kappa shape index (κ3) is 3.06. The van der Waals surface area contributed by atoms with Crippen LogP contribution in [0, 0.1) is 0 Å². The van der Waals surface area contributed by atoms with E-state index in [1.807, 2.05) is 36.4 Å². The van der Waals surface area contributed by atoms with Crippen LogP contribution in [0.2, 0.25) is 0 Å². The van der Waals surface area contributed by atoms with Gasteiger partial charge in [0, 0.05) is 11.3 Å². The number of oxazole rings is 1. The van der Waals surface area contributed by atoms with Crippen LogP contribution in [-0.2, 0) is 10.0 Å². The number of hydrogen-bond acceptors (Lipinski definition) is 5. The number of hydrogen-bond donors (Lipinski definition) is 2. The van der Waals surface area contributed by atoms with Gasteiger partial charge >= 0.3 is 0 Å². The number of aromatic amines is 1. The first-order valence-corrected chi connectivity index (χ1v) is 9.71. The van der Waals surface area contributed by atoms with Crippen molar-refractivity contribution in [2.75, 3.05) is 10.5 Å². The quantitative estimate of drug-likeness (QED) is 0.560. The number of sulfonamides is 1. The molecule has 0 spiro atoms. The number of anilines is 1. The van der Waals surface area contributed by atoms with Gasteiger partial charge in [0.05, 0.1) is 23.2 Å². The summed E-state index contributed by atoms with van der Waals surface area (Å²) in [5.41, 5.74) is 4.33. The van der Waals surface area contributed by atoms with Gasteiger partial charge in [0.15, 0.2) is 5.58 Å². The minimum atomic E-state index is -3.30. The van der Waals surface area contributed by atoms with Crippen LogP contribution in [0.5, 0.6) is 0 Å². The molecule has 2 N–H and O–H groups in total. The van der Waals surface area contributed by atoms with Crippen LogP contribution in [0.3, 0.4) is 0 Å². The molecule has 2 aromatic carbocycles. The summed E-state index contributed by atoms with van der Waals surface area (Å²) in [6.45, 7) is 1.59. The van der Waals surface area contributed by atoms with E-state index in [1.165, 1.54) is 0 Å². The zero-order valence-corrected chi connectivity index (χ0v) is 14.7. The molecule has 0 bridgehead atoms. The number of para-hydroxylation sites is 2. The third-order valence-corrected chi connectivity index (χ3v) is 5.30. The molecule has 26 heavy (non-hydrogen) atoms. The lowest BCUT2D eigenvalue weighted by Crippen LogP contribution is -2.14. The molecule has 0 unspecified atom stereocenters. The van der Waals surface area contributed by atoms with E-state index < -0.39 is 10.0 Å². The van der Waals surface area contributed by atoms with Gasteiger partial charge in [-0.3, -0.25) is 9.82 Å². The molecule has 0 aliphatic heterocycles. The standard InChI is InChI=1S/C18H16N4O3S/c1-2-26(23,24)22-13-9-7-12(8-10-13)17-14(11-19-21-17)18-20-15-5-3-4-6-16(15)25-18/h3-11,22H,2H2,1H3,(H,19,21). The normalized spacial score (nSPS) is 11.7. The first-order valence-electron chi connectivity index (χ1n) is 8.06. The molecular weight excluding hydrogens is 352 g/mol. The summed E-state index contributed by atoms with van der Waals surface area (Å²) >= 11 is 0. The van der Waals surface area contributed by atoms with Crippen molar-refractivity contribution in [3.8, 4) is 22.7 Å². The zero-order chi connectivity index (χ0) is 18.1. The molecule has 4 aromatic rings. The van der Waals surface area contributed by atoms with Crippen LogP contribution in [0.1, 0.15) is 6.92 Å². The maximum atomic E-state index is 11.7. The van der Waals surface area contributed by atoms with E-state index in [0.29, 0.717) is 17.2 Å². The fourth-order valence-electron chi connectivity index (χ4n) is 2.61. The fraction of sp³-hybridized carbons (Fsp3) is 0.111. The van der Waals surface area contributed by atoms with Crippen molar-refractivity contribution in [1.29, 1.82) is 0 Å². The highest BCUT2D eigenvalue weighted by atomic mass is 32.2. The van der Waals surface area contributed by atoms with Crippen molar-refractivity contribution < 1.29 is 12.8 Å². The Labute approximate surface area is 150 Å². The predicted molar refractivity (Wildman–Crippen MR) is 100 cm³/mol. The summed E-state index contributed by atoms with van der Waals surface area (Å²) in [4.78, 5) is 4.50. The monoisotopic (exact) mass is 368 g/mol. The number of aromatic nitrogens is 3. The van der Waals surface area contributed by atoms with Gasteiger partial charge in [0.1, 0.15) is 5.52 Å². The molecule has 0 fully saturated rings. The smallest absolute Gasteiger partial charge is 0.232 e. The van der Waals surface area contributed by atoms with Crippen molar-refractivity contribution >= 4 is 26.8 Å². The molecule has 2 aromatic heterocycles. The third-order valence-electron chi connectivity index (χ3n) is 3.99. The Hall–Kier alpha value is -3.13. The molecule has 0 amide bonds. The summed E-state index contributed by atoms with van der Waals surface area (Å²) in [5, 5.41) is 7.06. The minimum Gasteiger partial charge on any atom is -0.436 e. The fourth-order valence-corrected chi connectivity index (χ4v) is 3.25. The summed E-state index contributed by atoms with van der Waals surface area (Å²) in [5.74, 6) is 0.502. The SMILES string of the molecule is CCS(=O)(=O)Nc1ccc(-c2[nH]ncc2-c2nc3ccccc3o2)cc1. The molecular formula is C18H16N4O3S. The van der Waals surface area contributed by atoms with Crippen LogP contribution in [-0.4, -0.2) is 29.4 Å². The molecule has 0 aliphatic rings. The lowest BCUT2D eigenvalue weighted by molar-refractivity contribution is 0.602. The van der Waals surface area contributed by atoms with Gasteiger partial charge in [-0.15, -0.1) is 0 Å². The van der Waals surface area contributed by atoms with Gasteiger partial charge in [0.25, 0.3) is 0 Å². The Morgan fingerprint density at radius 1 is 1.12 bits per heavy atom. The summed E-state index contributed by atoms with van der Waals surface area (Å²) in [6.07, 6.45) is 1.66. The van der Waals surface area contributed by atoms with Crippen LogP contribution in [0.25, 0.3) is 33.8 Å². The molecule has 0 atom stereocenters. The van der Waals surface area contributed by atoms with Crippen LogP contribution in [0.4, 0.5) is 5.69 Å². The number of benzene rings is 2. The molecule has 2 heterocycles. The lowest BCUT2D eigenvalue weighted by Gasteiger charge is -2.07. The number of fused-ring (bicyclic) bond motifs is 1. The van der Waals surface area contributed by atoms with Crippen LogP contribution >= 0.6 is 0 Å². The Balaban J connectivity index is 1.68. The number of nitrogens with zero attached hydrogens (tertiary/aromatic N) is 2. The Morgan fingerprint density at radius 2 is 1.88 bits per heavy atom. The second kappa shape index (κ2) is 6.30. The average Bonchev–Trinajstić information content (AvgIpc) is 3.28. The predicted octanol–water partition coefficient (Wildman–Crippen LogP) is 3.65. The molecule has 8 heteroatoms. The molecule has 0 aliphatic carbocycles. The average molecular weight is 368 g/mol. The van der Waals surface area contributed by atoms with Crippen molar-refractivity contribution in [2.24, 2.45) is 0 Å². The van der Waals surface area contributed by atoms with Crippen LogP contribution in [0.15, 0.2) is 59.1 Å².